The van der Waals surface area contributed by atoms with E-state index in [-0.39, 0.29) is 0 Å². The van der Waals surface area contributed by atoms with E-state index in [0.29, 0.717) is 0 Å². The number of thiophene rings is 1. The minimum Gasteiger partial charge on any atom is -0.404 e. The van der Waals surface area contributed by atoms with Crippen LogP contribution in [0.25, 0.3) is 28.3 Å². The molecule has 1 atom stereocenters. The quantitative estimate of drug-likeness (QED) is 0.173. The number of nitrogens with two attached hydrogens (primary N) is 1. The summed E-state index contributed by atoms with van der Waals surface area (Å²) < 4.78 is 0. The summed E-state index contributed by atoms with van der Waals surface area (Å²) in [6.07, 6.45) is 18.2. The van der Waals surface area contributed by atoms with E-state index in [0.717, 1.165) is 39.0 Å². The second kappa shape index (κ2) is 15.6. The Morgan fingerprint density at radius 3 is 2.13 bits per heavy atom. The molecule has 2 heteroatoms. The lowest BCUT2D eigenvalue weighted by Gasteiger charge is -2.35. The van der Waals surface area contributed by atoms with Gasteiger partial charge >= 0.3 is 0 Å². The molecule has 1 aliphatic carbocycles. The molecule has 0 aliphatic heterocycles. The number of benzene rings is 3. The lowest BCUT2D eigenvalue weighted by Crippen LogP contribution is -2.30. The molecule has 1 aromatic heterocycles. The van der Waals surface area contributed by atoms with Crippen LogP contribution in [0.4, 0.5) is 0 Å². The Morgan fingerprint density at radius 1 is 0.809 bits per heavy atom. The molecule has 0 radical (unpaired) electrons. The Morgan fingerprint density at radius 2 is 1.53 bits per heavy atom. The maximum absolute atomic E-state index is 6.42. The minimum absolute atomic E-state index is 0.591. The highest BCUT2D eigenvalue weighted by atomic mass is 32.1. The van der Waals surface area contributed by atoms with Gasteiger partial charge in [-0.25, -0.2) is 0 Å². The predicted octanol–water partition coefficient (Wildman–Crippen LogP) is 12.6. The molecule has 1 nitrogen and oxygen atoms in total. The van der Waals surface area contributed by atoms with Crippen LogP contribution in [-0.4, -0.2) is 0 Å². The molecule has 0 fully saturated rings. The molecule has 0 saturated carbocycles. The molecule has 0 saturated heterocycles. The van der Waals surface area contributed by atoms with Crippen LogP contribution in [0, 0.1) is 13.8 Å². The third kappa shape index (κ3) is 6.14. The first-order valence-corrected chi connectivity index (χ1v) is 17.1. The van der Waals surface area contributed by atoms with E-state index in [1.807, 2.05) is 39.0 Å². The first kappa shape index (κ1) is 34.9. The van der Waals surface area contributed by atoms with Gasteiger partial charge < -0.3 is 5.73 Å². The minimum atomic E-state index is -0.591. The van der Waals surface area contributed by atoms with Crippen molar-refractivity contribution in [3.8, 4) is 11.1 Å². The van der Waals surface area contributed by atoms with E-state index in [9.17, 15) is 0 Å². The van der Waals surface area contributed by atoms with Crippen molar-refractivity contribution in [3.63, 3.8) is 0 Å². The highest BCUT2D eigenvalue weighted by molar-refractivity contribution is 7.14. The normalized spacial score (nSPS) is 16.3. The SMILES string of the molecule is C=C/C=C(/c1cccc(-c2ccc3c(c2)C(/C=C\C)=C(C=C)C3(C(/C=C\C)=C/N)c2ccccc2)c1)c1sc(C=C)c(C)c1C.CC. The van der Waals surface area contributed by atoms with Crippen molar-refractivity contribution >= 4 is 28.6 Å². The first-order chi connectivity index (χ1) is 22.9. The van der Waals surface area contributed by atoms with E-state index < -0.39 is 5.41 Å². The van der Waals surface area contributed by atoms with Crippen molar-refractivity contribution in [1.82, 2.24) is 0 Å². The fourth-order valence-corrected chi connectivity index (χ4v) is 7.91. The van der Waals surface area contributed by atoms with E-state index in [4.69, 9.17) is 5.73 Å². The first-order valence-electron chi connectivity index (χ1n) is 16.3. The Bertz CT molecular complexity index is 1940. The van der Waals surface area contributed by atoms with Crippen molar-refractivity contribution in [2.45, 2.75) is 47.0 Å². The molecule has 0 amide bonds. The van der Waals surface area contributed by atoms with Gasteiger partial charge in [0, 0.05) is 9.75 Å². The van der Waals surface area contributed by atoms with Crippen molar-refractivity contribution < 1.29 is 0 Å². The number of allylic oxidation sites excluding steroid dienone is 10. The maximum Gasteiger partial charge on any atom is 0.0727 e. The zero-order chi connectivity index (χ0) is 34.1. The van der Waals surface area contributed by atoms with Gasteiger partial charge in [-0.15, -0.1) is 11.3 Å². The number of fused-ring (bicyclic) bond motifs is 1. The summed E-state index contributed by atoms with van der Waals surface area (Å²) in [5.74, 6) is 0. The molecule has 5 rings (SSSR count). The third-order valence-electron chi connectivity index (χ3n) is 8.82. The molecule has 1 unspecified atom stereocenters. The van der Waals surface area contributed by atoms with Crippen molar-refractivity contribution in [2.75, 3.05) is 0 Å². The van der Waals surface area contributed by atoms with Crippen molar-refractivity contribution in [1.29, 1.82) is 0 Å². The van der Waals surface area contributed by atoms with Crippen LogP contribution in [0.1, 0.15) is 70.8 Å². The second-order valence-corrected chi connectivity index (χ2v) is 12.2. The number of hydrogen-bond acceptors (Lipinski definition) is 2. The standard InChI is InChI=1S/C43H41NS.C2H6/c1-8-17-35(28-44)43(34-22-14-13-15-23-34)39(11-4)37(19-10-3)38-27-32(24-25-40(38)43)31-20-16-21-33(26-31)36(18-9-2)42-30(7)29(6)41(12-5)45-42;1-2/h8-28H,2,4-5,44H2,1,3,6-7H3;1-2H3/b17-8-,19-10-,35-28+,36-18-;. The predicted molar refractivity (Wildman–Crippen MR) is 211 cm³/mol. The zero-order valence-corrected chi connectivity index (χ0v) is 29.5. The van der Waals surface area contributed by atoms with Crippen LogP contribution >= 0.6 is 11.3 Å². The molecule has 0 bridgehead atoms. The summed E-state index contributed by atoms with van der Waals surface area (Å²) in [6, 6.07) is 26.3. The van der Waals surface area contributed by atoms with E-state index in [1.165, 1.54) is 37.6 Å². The third-order valence-corrected chi connectivity index (χ3v) is 10.2. The van der Waals surface area contributed by atoms with Gasteiger partial charge in [-0.1, -0.05) is 143 Å². The van der Waals surface area contributed by atoms with E-state index in [2.05, 4.69) is 144 Å². The summed E-state index contributed by atoms with van der Waals surface area (Å²) in [6.45, 7) is 24.9. The van der Waals surface area contributed by atoms with Crippen molar-refractivity contribution in [3.05, 3.63) is 196 Å². The van der Waals surface area contributed by atoms with Crippen LogP contribution in [0.2, 0.25) is 0 Å². The Balaban J connectivity index is 0.00000245. The van der Waals surface area contributed by atoms with Crippen LogP contribution in [0.3, 0.4) is 0 Å². The van der Waals surface area contributed by atoms with Gasteiger partial charge in [-0.2, -0.15) is 0 Å². The largest absolute Gasteiger partial charge is 0.404 e. The smallest absolute Gasteiger partial charge is 0.0727 e. The van der Waals surface area contributed by atoms with Gasteiger partial charge in [0.2, 0.25) is 0 Å². The summed E-state index contributed by atoms with van der Waals surface area (Å²) in [4.78, 5) is 2.46. The van der Waals surface area contributed by atoms with E-state index >= 15 is 0 Å². The zero-order valence-electron chi connectivity index (χ0n) is 28.7. The van der Waals surface area contributed by atoms with Crippen LogP contribution in [0.15, 0.2) is 152 Å². The second-order valence-electron chi connectivity index (χ2n) is 11.2. The summed E-state index contributed by atoms with van der Waals surface area (Å²) in [5, 5.41) is 0. The topological polar surface area (TPSA) is 26.0 Å². The van der Waals surface area contributed by atoms with Gasteiger partial charge in [0.15, 0.2) is 0 Å². The fourth-order valence-electron chi connectivity index (χ4n) is 6.69. The molecule has 1 aliphatic rings. The Labute approximate surface area is 286 Å². The molecular formula is C45H47NS. The van der Waals surface area contributed by atoms with Gasteiger partial charge in [0.1, 0.15) is 0 Å². The van der Waals surface area contributed by atoms with Gasteiger partial charge in [0.05, 0.1) is 5.41 Å². The van der Waals surface area contributed by atoms with Crippen LogP contribution in [0.5, 0.6) is 0 Å². The molecule has 4 aromatic rings. The van der Waals surface area contributed by atoms with Crippen LogP contribution < -0.4 is 5.73 Å². The maximum atomic E-state index is 6.42. The summed E-state index contributed by atoms with van der Waals surface area (Å²) >= 11 is 1.78. The molecule has 2 N–H and O–H groups in total. The molecule has 1 heterocycles. The van der Waals surface area contributed by atoms with Gasteiger partial charge in [-0.3, -0.25) is 0 Å². The molecule has 47 heavy (non-hydrogen) atoms. The Kier molecular flexibility index (Phi) is 11.6. The highest BCUT2D eigenvalue weighted by Crippen LogP contribution is 2.56. The Hall–Kier alpha value is -4.92. The van der Waals surface area contributed by atoms with Gasteiger partial charge in [-0.05, 0) is 113 Å². The summed E-state index contributed by atoms with van der Waals surface area (Å²) in [7, 11) is 0. The lowest BCUT2D eigenvalue weighted by molar-refractivity contribution is 0.757. The lowest BCUT2D eigenvalue weighted by atomic mass is 9.66. The van der Waals surface area contributed by atoms with Gasteiger partial charge in [0.25, 0.3) is 0 Å². The molecule has 238 valence electrons. The monoisotopic (exact) mass is 633 g/mol. The summed E-state index contributed by atoms with van der Waals surface area (Å²) in [5.41, 5.74) is 19.8. The average molecular weight is 634 g/mol. The molecule has 3 aromatic carbocycles. The average Bonchev–Trinajstić information content (AvgIpc) is 3.56. The fraction of sp³-hybridized carbons (Fsp3) is 0.156. The molecular weight excluding hydrogens is 587 g/mol. The molecule has 0 spiro atoms. The highest BCUT2D eigenvalue weighted by Gasteiger charge is 2.46. The van der Waals surface area contributed by atoms with Crippen LogP contribution in [-0.2, 0) is 5.41 Å². The van der Waals surface area contributed by atoms with Crippen molar-refractivity contribution in [2.24, 2.45) is 5.73 Å². The number of rotatable bonds is 10. The van der Waals surface area contributed by atoms with E-state index in [1.54, 1.807) is 17.5 Å². The number of hydrogen-bond donors (Lipinski definition) is 1.